The molecule has 1 aromatic heterocycles. The summed E-state index contributed by atoms with van der Waals surface area (Å²) in [6, 6.07) is 0.193. The van der Waals surface area contributed by atoms with Crippen LogP contribution < -0.4 is 5.73 Å². The Bertz CT molecular complexity index is 456. The second-order valence-electron chi connectivity index (χ2n) is 5.65. The van der Waals surface area contributed by atoms with Gasteiger partial charge in [0.2, 0.25) is 5.91 Å². The minimum atomic E-state index is 0.0306. The number of carbonyl (C=O) groups is 1. The van der Waals surface area contributed by atoms with Crippen molar-refractivity contribution in [1.82, 2.24) is 19.6 Å². The van der Waals surface area contributed by atoms with Crippen LogP contribution in [0.25, 0.3) is 0 Å². The van der Waals surface area contributed by atoms with E-state index in [4.69, 9.17) is 5.73 Å². The number of nitrogens with two attached hydrogens (primary N) is 1. The molecule has 112 valence electrons. The molecule has 1 aliphatic rings. The molecule has 20 heavy (non-hydrogen) atoms. The van der Waals surface area contributed by atoms with Crippen LogP contribution in [0.4, 0.5) is 0 Å². The Morgan fingerprint density at radius 1 is 1.35 bits per heavy atom. The fraction of sp³-hybridized carbons (Fsp3) is 0.714. The number of amides is 1. The van der Waals surface area contributed by atoms with Crippen molar-refractivity contribution in [2.24, 2.45) is 12.8 Å². The lowest BCUT2D eigenvalue weighted by atomic mass is 10.0. The van der Waals surface area contributed by atoms with Crippen LogP contribution >= 0.6 is 0 Å². The van der Waals surface area contributed by atoms with E-state index in [2.05, 4.69) is 10.00 Å². The number of hydrogen-bond donors (Lipinski definition) is 1. The minimum Gasteiger partial charge on any atom is -0.342 e. The third-order valence-corrected chi connectivity index (χ3v) is 3.93. The van der Waals surface area contributed by atoms with Crippen molar-refractivity contribution in [3.63, 3.8) is 0 Å². The summed E-state index contributed by atoms with van der Waals surface area (Å²) in [5.41, 5.74) is 7.35. The molecule has 6 heteroatoms. The lowest BCUT2D eigenvalue weighted by molar-refractivity contribution is -0.128. The Morgan fingerprint density at radius 2 is 2.10 bits per heavy atom. The summed E-state index contributed by atoms with van der Waals surface area (Å²) < 4.78 is 1.81. The molecule has 2 rings (SSSR count). The Hall–Kier alpha value is -1.40. The third kappa shape index (κ3) is 3.37. The van der Waals surface area contributed by atoms with Crippen LogP contribution in [0.3, 0.4) is 0 Å². The Morgan fingerprint density at radius 3 is 2.65 bits per heavy atom. The van der Waals surface area contributed by atoms with Crippen LogP contribution in [0.5, 0.6) is 0 Å². The minimum absolute atomic E-state index is 0.0306. The molecular weight excluding hydrogens is 254 g/mol. The van der Waals surface area contributed by atoms with Crippen molar-refractivity contribution in [3.05, 3.63) is 18.0 Å². The van der Waals surface area contributed by atoms with E-state index in [1.54, 1.807) is 6.92 Å². The zero-order chi connectivity index (χ0) is 14.7. The van der Waals surface area contributed by atoms with E-state index >= 15 is 0 Å². The maximum absolute atomic E-state index is 11.5. The summed E-state index contributed by atoms with van der Waals surface area (Å²) in [5, 5.41) is 4.25. The molecule has 2 heterocycles. The van der Waals surface area contributed by atoms with Crippen molar-refractivity contribution >= 4 is 5.91 Å². The van der Waals surface area contributed by atoms with Gasteiger partial charge in [-0.1, -0.05) is 0 Å². The normalized spacial score (nSPS) is 20.5. The molecule has 0 aliphatic carbocycles. The molecule has 1 amide bonds. The number of aromatic nitrogens is 2. The lowest BCUT2D eigenvalue weighted by Gasteiger charge is -2.32. The predicted octanol–water partition coefficient (Wildman–Crippen LogP) is 0.363. The first-order valence-electron chi connectivity index (χ1n) is 7.22. The Kier molecular flexibility index (Phi) is 4.77. The van der Waals surface area contributed by atoms with Crippen LogP contribution in [-0.4, -0.2) is 57.7 Å². The van der Waals surface area contributed by atoms with E-state index < -0.39 is 0 Å². The van der Waals surface area contributed by atoms with Crippen molar-refractivity contribution in [1.29, 1.82) is 0 Å². The van der Waals surface area contributed by atoms with E-state index in [9.17, 15) is 4.79 Å². The average molecular weight is 279 g/mol. The van der Waals surface area contributed by atoms with Gasteiger partial charge in [-0.05, 0) is 13.3 Å². The predicted molar refractivity (Wildman–Crippen MR) is 78.0 cm³/mol. The summed E-state index contributed by atoms with van der Waals surface area (Å²) in [6.07, 6.45) is 4.91. The maximum Gasteiger partial charge on any atom is 0.219 e. The van der Waals surface area contributed by atoms with Crippen LogP contribution in [-0.2, 0) is 11.8 Å². The second kappa shape index (κ2) is 6.37. The molecule has 0 aromatic carbocycles. The van der Waals surface area contributed by atoms with Crippen LogP contribution in [0.15, 0.2) is 12.4 Å². The van der Waals surface area contributed by atoms with E-state index in [1.807, 2.05) is 35.9 Å². The molecule has 0 bridgehead atoms. The van der Waals surface area contributed by atoms with Crippen molar-refractivity contribution in [3.8, 4) is 0 Å². The summed E-state index contributed by atoms with van der Waals surface area (Å²) in [4.78, 5) is 15.8. The molecule has 0 radical (unpaired) electrons. The fourth-order valence-corrected chi connectivity index (χ4v) is 2.97. The molecule has 1 saturated heterocycles. The van der Waals surface area contributed by atoms with E-state index in [0.29, 0.717) is 0 Å². The molecule has 2 unspecified atom stereocenters. The second-order valence-corrected chi connectivity index (χ2v) is 5.65. The van der Waals surface area contributed by atoms with Gasteiger partial charge in [0.25, 0.3) is 0 Å². The topological polar surface area (TPSA) is 67.4 Å². The molecule has 6 nitrogen and oxygen atoms in total. The standard InChI is InChI=1S/C14H25N5O/c1-11(15)14(13-9-16-17(3)10-13)19-6-4-5-18(7-8-19)12(2)20/h9-11,14H,4-8,15H2,1-3H3. The third-order valence-electron chi connectivity index (χ3n) is 3.93. The molecule has 2 N–H and O–H groups in total. The highest BCUT2D eigenvalue weighted by atomic mass is 16.2. The number of carbonyl (C=O) groups excluding carboxylic acids is 1. The van der Waals surface area contributed by atoms with Crippen LogP contribution in [0, 0.1) is 0 Å². The molecular formula is C14H25N5O. The van der Waals surface area contributed by atoms with Crippen molar-refractivity contribution in [2.45, 2.75) is 32.4 Å². The zero-order valence-corrected chi connectivity index (χ0v) is 12.6. The quantitative estimate of drug-likeness (QED) is 0.867. The highest BCUT2D eigenvalue weighted by Gasteiger charge is 2.27. The summed E-state index contributed by atoms with van der Waals surface area (Å²) >= 11 is 0. The van der Waals surface area contributed by atoms with E-state index in [-0.39, 0.29) is 18.0 Å². The Labute approximate surface area is 120 Å². The van der Waals surface area contributed by atoms with Gasteiger partial charge in [0, 0.05) is 58.0 Å². The fourth-order valence-electron chi connectivity index (χ4n) is 2.97. The van der Waals surface area contributed by atoms with Gasteiger partial charge >= 0.3 is 0 Å². The molecule has 1 aromatic rings. The summed E-state index contributed by atoms with van der Waals surface area (Å²) in [6.45, 7) is 7.11. The van der Waals surface area contributed by atoms with Gasteiger partial charge in [-0.3, -0.25) is 14.4 Å². The Balaban J connectivity index is 2.12. The van der Waals surface area contributed by atoms with Gasteiger partial charge in [-0.2, -0.15) is 5.10 Å². The van der Waals surface area contributed by atoms with Gasteiger partial charge < -0.3 is 10.6 Å². The number of aryl methyl sites for hydroxylation is 1. The largest absolute Gasteiger partial charge is 0.342 e. The van der Waals surface area contributed by atoms with Gasteiger partial charge in [0.15, 0.2) is 0 Å². The summed E-state index contributed by atoms with van der Waals surface area (Å²) in [7, 11) is 1.92. The smallest absolute Gasteiger partial charge is 0.219 e. The van der Waals surface area contributed by atoms with Crippen LogP contribution in [0.1, 0.15) is 31.9 Å². The maximum atomic E-state index is 11.5. The lowest BCUT2D eigenvalue weighted by Crippen LogP contribution is -2.41. The first-order valence-corrected chi connectivity index (χ1v) is 7.22. The molecule has 1 aliphatic heterocycles. The number of hydrogen-bond acceptors (Lipinski definition) is 4. The molecule has 1 fully saturated rings. The monoisotopic (exact) mass is 279 g/mol. The van der Waals surface area contributed by atoms with Crippen molar-refractivity contribution < 1.29 is 4.79 Å². The SMILES string of the molecule is CC(=O)N1CCCN(C(c2cnn(C)c2)C(C)N)CC1. The van der Waals surface area contributed by atoms with Gasteiger partial charge in [0.1, 0.15) is 0 Å². The van der Waals surface area contributed by atoms with Crippen LogP contribution in [0.2, 0.25) is 0 Å². The van der Waals surface area contributed by atoms with E-state index in [0.717, 1.165) is 38.2 Å². The first kappa shape index (κ1) is 15.0. The molecule has 0 saturated carbocycles. The summed E-state index contributed by atoms with van der Waals surface area (Å²) in [5.74, 6) is 0.158. The first-order chi connectivity index (χ1) is 9.49. The number of rotatable bonds is 3. The van der Waals surface area contributed by atoms with Gasteiger partial charge in [-0.25, -0.2) is 0 Å². The van der Waals surface area contributed by atoms with Gasteiger partial charge in [0.05, 0.1) is 12.2 Å². The molecule has 2 atom stereocenters. The van der Waals surface area contributed by atoms with Crippen molar-refractivity contribution in [2.75, 3.05) is 26.2 Å². The zero-order valence-electron chi connectivity index (χ0n) is 12.6. The highest BCUT2D eigenvalue weighted by Crippen LogP contribution is 2.24. The highest BCUT2D eigenvalue weighted by molar-refractivity contribution is 5.73. The van der Waals surface area contributed by atoms with Gasteiger partial charge in [-0.15, -0.1) is 0 Å². The van der Waals surface area contributed by atoms with E-state index in [1.165, 1.54) is 0 Å². The number of nitrogens with zero attached hydrogens (tertiary/aromatic N) is 4. The average Bonchev–Trinajstić information content (AvgIpc) is 2.63. The molecule has 0 spiro atoms.